The summed E-state index contributed by atoms with van der Waals surface area (Å²) >= 11 is 5.89. The quantitative estimate of drug-likeness (QED) is 0.247. The van der Waals surface area contributed by atoms with E-state index < -0.39 is 29.3 Å². The van der Waals surface area contributed by atoms with E-state index in [1.165, 1.54) is 6.92 Å². The molecule has 90 valence electrons. The average Bonchev–Trinajstić information content (AvgIpc) is 2.11. The first-order valence-electron chi connectivity index (χ1n) is 4.92. The lowest BCUT2D eigenvalue weighted by Gasteiger charge is -2.42. The smallest absolute Gasteiger partial charge is 0.303 e. The second-order valence-corrected chi connectivity index (χ2v) is 4.52. The van der Waals surface area contributed by atoms with Gasteiger partial charge >= 0.3 is 5.97 Å². The van der Waals surface area contributed by atoms with E-state index in [2.05, 4.69) is 10.0 Å². The van der Waals surface area contributed by atoms with Crippen molar-refractivity contribution in [1.82, 2.24) is 0 Å². The van der Waals surface area contributed by atoms with Gasteiger partial charge in [-0.1, -0.05) is 23.6 Å². The van der Waals surface area contributed by atoms with Gasteiger partial charge in [0.2, 0.25) is 0 Å². The molecule has 0 radical (unpaired) electrons. The van der Waals surface area contributed by atoms with Gasteiger partial charge in [0.1, 0.15) is 11.7 Å². The molecule has 1 aliphatic heterocycles. The van der Waals surface area contributed by atoms with Gasteiger partial charge in [-0.3, -0.25) is 4.79 Å². The maximum Gasteiger partial charge on any atom is 0.303 e. The third-order valence-corrected chi connectivity index (χ3v) is 2.80. The van der Waals surface area contributed by atoms with Crippen molar-refractivity contribution >= 4 is 17.6 Å². The molecule has 0 bridgehead atoms. The number of nitrogens with zero attached hydrogens (tertiary/aromatic N) is 3. The molecule has 1 heterocycles. The Hall–Kier alpha value is -0.970. The van der Waals surface area contributed by atoms with E-state index in [-0.39, 0.29) is 0 Å². The Morgan fingerprint density at radius 3 is 2.88 bits per heavy atom. The number of azide groups is 1. The molecule has 0 saturated carbocycles. The van der Waals surface area contributed by atoms with Gasteiger partial charge in [-0.05, 0) is 12.5 Å². The second kappa shape index (κ2) is 4.91. The number of carbonyl (C=O) groups excluding carboxylic acids is 1. The van der Waals surface area contributed by atoms with E-state index >= 15 is 0 Å². The van der Waals surface area contributed by atoms with Crippen molar-refractivity contribution in [3.8, 4) is 0 Å². The molecule has 0 aromatic rings. The van der Waals surface area contributed by atoms with Crippen molar-refractivity contribution in [2.45, 2.75) is 50.5 Å². The number of hydrogen-bond donors (Lipinski definition) is 0. The van der Waals surface area contributed by atoms with E-state index in [1.807, 2.05) is 0 Å². The fourth-order valence-corrected chi connectivity index (χ4v) is 2.38. The summed E-state index contributed by atoms with van der Waals surface area (Å²) in [6, 6.07) is 0. The fourth-order valence-electron chi connectivity index (χ4n) is 1.90. The Balaban J connectivity index is 2.97. The predicted octanol–water partition coefficient (Wildman–Crippen LogP) is 2.36. The number of halogens is 1. The Labute approximate surface area is 98.5 Å². The van der Waals surface area contributed by atoms with Crippen LogP contribution in [0.4, 0.5) is 0 Å². The molecule has 0 aliphatic carbocycles. The van der Waals surface area contributed by atoms with Gasteiger partial charge in [0.15, 0.2) is 0 Å². The first-order chi connectivity index (χ1) is 7.39. The maximum absolute atomic E-state index is 11.0. The molecule has 16 heavy (non-hydrogen) atoms. The van der Waals surface area contributed by atoms with Gasteiger partial charge in [0.05, 0.1) is 11.6 Å². The van der Waals surface area contributed by atoms with Crippen LogP contribution in [0.3, 0.4) is 0 Å². The van der Waals surface area contributed by atoms with Crippen molar-refractivity contribution in [3.63, 3.8) is 0 Å². The summed E-state index contributed by atoms with van der Waals surface area (Å²) in [5.74, 6) is -0.437. The Morgan fingerprint density at radius 1 is 1.75 bits per heavy atom. The largest absolute Gasteiger partial charge is 0.459 e. The average molecular weight is 248 g/mol. The van der Waals surface area contributed by atoms with Crippen molar-refractivity contribution < 1.29 is 14.3 Å². The first-order valence-corrected chi connectivity index (χ1v) is 5.35. The standard InChI is InChI=1S/C9H14ClN3O3/c1-5-8(16-6(2)14)9(3,12-13-11)4-7(10)15-5/h5,7-8H,4H2,1-3H3/t5-,7-,8-,9-/m0/s1. The van der Waals surface area contributed by atoms with Gasteiger partial charge in [0, 0.05) is 18.3 Å². The third-order valence-electron chi connectivity index (χ3n) is 2.54. The zero-order valence-corrected chi connectivity index (χ0v) is 10.1. The van der Waals surface area contributed by atoms with E-state index in [1.54, 1.807) is 13.8 Å². The van der Waals surface area contributed by atoms with Crippen LogP contribution in [0.1, 0.15) is 27.2 Å². The van der Waals surface area contributed by atoms with E-state index in [4.69, 9.17) is 26.6 Å². The van der Waals surface area contributed by atoms with E-state index in [0.717, 1.165) is 0 Å². The molecule has 0 unspecified atom stereocenters. The highest BCUT2D eigenvalue weighted by molar-refractivity contribution is 6.19. The minimum atomic E-state index is -0.871. The minimum absolute atomic E-state index is 0.306. The third kappa shape index (κ3) is 2.78. The molecular formula is C9H14ClN3O3. The van der Waals surface area contributed by atoms with Crippen LogP contribution >= 0.6 is 11.6 Å². The zero-order valence-electron chi connectivity index (χ0n) is 9.38. The number of rotatable bonds is 2. The summed E-state index contributed by atoms with van der Waals surface area (Å²) in [4.78, 5) is 13.8. The van der Waals surface area contributed by atoms with Gasteiger partial charge in [-0.25, -0.2) is 0 Å². The van der Waals surface area contributed by atoms with Crippen molar-refractivity contribution in [2.24, 2.45) is 5.11 Å². The van der Waals surface area contributed by atoms with Crippen molar-refractivity contribution in [3.05, 3.63) is 10.4 Å². The van der Waals surface area contributed by atoms with E-state index in [0.29, 0.717) is 6.42 Å². The molecule has 1 aliphatic rings. The molecule has 0 aromatic heterocycles. The molecule has 1 rings (SSSR count). The normalized spacial score (nSPS) is 38.6. The molecule has 7 heteroatoms. The molecule has 0 aromatic carbocycles. The van der Waals surface area contributed by atoms with Crippen LogP contribution in [-0.2, 0) is 14.3 Å². The zero-order chi connectivity index (χ0) is 12.3. The minimum Gasteiger partial charge on any atom is -0.459 e. The highest BCUT2D eigenvalue weighted by Crippen LogP contribution is 2.36. The molecule has 0 spiro atoms. The Kier molecular flexibility index (Phi) is 4.02. The van der Waals surface area contributed by atoms with Gasteiger partial charge in [-0.2, -0.15) is 0 Å². The highest BCUT2D eigenvalue weighted by atomic mass is 35.5. The number of esters is 1. The molecule has 1 saturated heterocycles. The monoisotopic (exact) mass is 247 g/mol. The van der Waals surface area contributed by atoms with Crippen LogP contribution in [0.25, 0.3) is 10.4 Å². The molecular weight excluding hydrogens is 234 g/mol. The number of hydrogen-bond acceptors (Lipinski definition) is 4. The molecule has 0 N–H and O–H groups in total. The lowest BCUT2D eigenvalue weighted by Crippen LogP contribution is -2.54. The van der Waals surface area contributed by atoms with Gasteiger partial charge in [0.25, 0.3) is 0 Å². The fraction of sp³-hybridized carbons (Fsp3) is 0.889. The number of carbonyl (C=O) groups is 1. The van der Waals surface area contributed by atoms with Crippen LogP contribution in [-0.4, -0.2) is 29.3 Å². The SMILES string of the molecule is CC(=O)O[C@H]1[C@H](C)O[C@H](Cl)C[C@]1(C)N=[N+]=[N-]. The van der Waals surface area contributed by atoms with Gasteiger partial charge in [-0.15, -0.1) is 0 Å². The summed E-state index contributed by atoms with van der Waals surface area (Å²) in [5.41, 5.74) is 7.13. The number of ether oxygens (including phenoxy) is 2. The van der Waals surface area contributed by atoms with Crippen molar-refractivity contribution in [1.29, 1.82) is 0 Å². The molecule has 1 fully saturated rings. The van der Waals surface area contributed by atoms with Crippen LogP contribution in [0.5, 0.6) is 0 Å². The predicted molar refractivity (Wildman–Crippen MR) is 57.9 cm³/mol. The van der Waals surface area contributed by atoms with E-state index in [9.17, 15) is 4.79 Å². The summed E-state index contributed by atoms with van der Waals surface area (Å²) in [6.45, 7) is 4.73. The second-order valence-electron chi connectivity index (χ2n) is 4.03. The summed E-state index contributed by atoms with van der Waals surface area (Å²) in [6.07, 6.45) is -0.715. The molecule has 6 nitrogen and oxygen atoms in total. The first kappa shape index (κ1) is 13.1. The topological polar surface area (TPSA) is 84.3 Å². The molecule has 4 atom stereocenters. The lowest BCUT2D eigenvalue weighted by atomic mass is 9.86. The van der Waals surface area contributed by atoms with Crippen molar-refractivity contribution in [2.75, 3.05) is 0 Å². The Morgan fingerprint density at radius 2 is 2.38 bits per heavy atom. The maximum atomic E-state index is 11.0. The lowest BCUT2D eigenvalue weighted by molar-refractivity contribution is -0.173. The Bertz CT molecular complexity index is 332. The summed E-state index contributed by atoms with van der Waals surface area (Å²) < 4.78 is 10.5. The highest BCUT2D eigenvalue weighted by Gasteiger charge is 2.46. The van der Waals surface area contributed by atoms with Crippen LogP contribution < -0.4 is 0 Å². The van der Waals surface area contributed by atoms with Crippen LogP contribution in [0.2, 0.25) is 0 Å². The van der Waals surface area contributed by atoms with Crippen LogP contribution in [0.15, 0.2) is 5.11 Å². The molecule has 0 amide bonds. The van der Waals surface area contributed by atoms with Gasteiger partial charge < -0.3 is 9.47 Å². The summed E-state index contributed by atoms with van der Waals surface area (Å²) in [7, 11) is 0. The summed E-state index contributed by atoms with van der Waals surface area (Å²) in [5, 5.41) is 3.69. The van der Waals surface area contributed by atoms with Crippen LogP contribution in [0, 0.1) is 0 Å². The number of alkyl halides is 1.